The Hall–Kier alpha value is -1.82. The van der Waals surface area contributed by atoms with Crippen molar-refractivity contribution >= 4 is 28.9 Å². The number of aliphatic carboxylic acids is 1. The summed E-state index contributed by atoms with van der Waals surface area (Å²) in [6.45, 7) is 8.45. The molecule has 0 fully saturated rings. The lowest BCUT2D eigenvalue weighted by atomic mass is 9.74. The van der Waals surface area contributed by atoms with Crippen LogP contribution in [0.3, 0.4) is 0 Å². The molecule has 21 heavy (non-hydrogen) atoms. The first-order valence-corrected chi connectivity index (χ1v) is 6.74. The van der Waals surface area contributed by atoms with E-state index in [2.05, 4.69) is 5.32 Å². The fraction of sp³-hybridized carbons (Fsp3) is 0.500. The van der Waals surface area contributed by atoms with Crippen LogP contribution < -0.4 is 5.32 Å². The summed E-state index contributed by atoms with van der Waals surface area (Å²) in [5.74, 6) is -0.939. The monoisotopic (exact) mass is 314 g/mol. The van der Waals surface area contributed by atoms with E-state index in [0.29, 0.717) is 11.3 Å². The number of carbonyl (C=O) groups is 1. The van der Waals surface area contributed by atoms with E-state index in [-0.39, 0.29) is 10.7 Å². The lowest BCUT2D eigenvalue weighted by molar-refractivity contribution is -0.384. The SMILES string of the molecule is Cc1cc([N+](=O)[O-])c(Cl)cc1NC(C)(C)C(C)(C)C(=O)O. The van der Waals surface area contributed by atoms with Crippen molar-refractivity contribution in [3.8, 4) is 0 Å². The van der Waals surface area contributed by atoms with Crippen molar-refractivity contribution in [3.05, 3.63) is 32.8 Å². The van der Waals surface area contributed by atoms with E-state index in [1.807, 2.05) is 0 Å². The Morgan fingerprint density at radius 3 is 2.29 bits per heavy atom. The van der Waals surface area contributed by atoms with Crippen molar-refractivity contribution in [2.45, 2.75) is 40.2 Å². The molecule has 0 heterocycles. The highest BCUT2D eigenvalue weighted by atomic mass is 35.5. The number of benzene rings is 1. The zero-order valence-corrected chi connectivity index (χ0v) is 13.4. The first-order chi connectivity index (χ1) is 9.40. The van der Waals surface area contributed by atoms with Crippen molar-refractivity contribution in [2.24, 2.45) is 5.41 Å². The average Bonchev–Trinajstić information content (AvgIpc) is 2.32. The van der Waals surface area contributed by atoms with Gasteiger partial charge in [0.05, 0.1) is 10.3 Å². The van der Waals surface area contributed by atoms with Crippen LogP contribution >= 0.6 is 11.6 Å². The Kier molecular flexibility index (Phi) is 4.53. The minimum Gasteiger partial charge on any atom is -0.481 e. The van der Waals surface area contributed by atoms with Gasteiger partial charge in [-0.1, -0.05) is 11.6 Å². The molecule has 0 saturated heterocycles. The molecule has 1 rings (SSSR count). The first kappa shape index (κ1) is 17.2. The highest BCUT2D eigenvalue weighted by Crippen LogP contribution is 2.37. The Balaban J connectivity index is 3.23. The summed E-state index contributed by atoms with van der Waals surface area (Å²) in [6.07, 6.45) is 0. The van der Waals surface area contributed by atoms with Crippen molar-refractivity contribution < 1.29 is 14.8 Å². The summed E-state index contributed by atoms with van der Waals surface area (Å²) in [7, 11) is 0. The van der Waals surface area contributed by atoms with Gasteiger partial charge in [-0.05, 0) is 46.2 Å². The molecule has 0 aliphatic rings. The maximum absolute atomic E-state index is 11.4. The molecule has 0 aromatic heterocycles. The molecule has 1 aromatic rings. The van der Waals surface area contributed by atoms with Crippen LogP contribution in [0, 0.1) is 22.5 Å². The summed E-state index contributed by atoms with van der Waals surface area (Å²) in [6, 6.07) is 2.82. The van der Waals surface area contributed by atoms with E-state index in [0.717, 1.165) is 0 Å². The zero-order chi connectivity index (χ0) is 16.6. The van der Waals surface area contributed by atoms with Crippen molar-refractivity contribution in [1.82, 2.24) is 0 Å². The number of halogens is 1. The number of nitro groups is 1. The van der Waals surface area contributed by atoms with Gasteiger partial charge in [-0.15, -0.1) is 0 Å². The van der Waals surface area contributed by atoms with Crippen molar-refractivity contribution in [1.29, 1.82) is 0 Å². The zero-order valence-electron chi connectivity index (χ0n) is 12.7. The van der Waals surface area contributed by atoms with Gasteiger partial charge in [0.1, 0.15) is 5.02 Å². The lowest BCUT2D eigenvalue weighted by Gasteiger charge is -2.40. The van der Waals surface area contributed by atoms with Gasteiger partial charge < -0.3 is 10.4 Å². The third-order valence-corrected chi connectivity index (χ3v) is 4.34. The average molecular weight is 315 g/mol. The van der Waals surface area contributed by atoms with E-state index in [1.54, 1.807) is 34.6 Å². The minimum absolute atomic E-state index is 0.0111. The fourth-order valence-electron chi connectivity index (χ4n) is 1.70. The van der Waals surface area contributed by atoms with Crippen LogP contribution in [0.4, 0.5) is 11.4 Å². The summed E-state index contributed by atoms with van der Waals surface area (Å²) < 4.78 is 0. The van der Waals surface area contributed by atoms with E-state index >= 15 is 0 Å². The molecule has 0 aliphatic heterocycles. The van der Waals surface area contributed by atoms with Gasteiger partial charge in [-0.25, -0.2) is 0 Å². The highest BCUT2D eigenvalue weighted by Gasteiger charge is 2.43. The molecule has 7 heteroatoms. The van der Waals surface area contributed by atoms with Crippen molar-refractivity contribution in [2.75, 3.05) is 5.32 Å². The van der Waals surface area contributed by atoms with Crippen LogP contribution in [0.5, 0.6) is 0 Å². The largest absolute Gasteiger partial charge is 0.481 e. The maximum Gasteiger partial charge on any atom is 0.311 e. The molecule has 116 valence electrons. The number of nitro benzene ring substituents is 1. The normalized spacial score (nSPS) is 12.1. The number of aryl methyl sites for hydroxylation is 1. The molecule has 0 amide bonds. The molecule has 0 unspecified atom stereocenters. The predicted molar refractivity (Wildman–Crippen MR) is 82.0 cm³/mol. The Labute approximate surface area is 128 Å². The third-order valence-electron chi connectivity index (χ3n) is 4.03. The van der Waals surface area contributed by atoms with Gasteiger partial charge in [0.15, 0.2) is 0 Å². The molecule has 0 bridgehead atoms. The van der Waals surface area contributed by atoms with Crippen LogP contribution in [0.2, 0.25) is 5.02 Å². The summed E-state index contributed by atoms with van der Waals surface area (Å²) in [5, 5.41) is 23.3. The number of anilines is 1. The molecule has 0 spiro atoms. The molecule has 1 aromatic carbocycles. The molecule has 2 N–H and O–H groups in total. The Morgan fingerprint density at radius 1 is 1.33 bits per heavy atom. The minimum atomic E-state index is -1.05. The molecular weight excluding hydrogens is 296 g/mol. The Morgan fingerprint density at radius 2 is 1.86 bits per heavy atom. The Bertz CT molecular complexity index is 597. The van der Waals surface area contributed by atoms with Crippen LogP contribution in [0.1, 0.15) is 33.3 Å². The number of nitrogens with one attached hydrogen (secondary N) is 1. The third kappa shape index (κ3) is 3.26. The van der Waals surface area contributed by atoms with Crippen LogP contribution in [0.25, 0.3) is 0 Å². The summed E-state index contributed by atoms with van der Waals surface area (Å²) in [5.41, 5.74) is -0.808. The van der Waals surface area contributed by atoms with E-state index < -0.39 is 21.8 Å². The van der Waals surface area contributed by atoms with Gasteiger partial charge in [0.2, 0.25) is 0 Å². The molecular formula is C14H19ClN2O4. The molecule has 0 radical (unpaired) electrons. The quantitative estimate of drug-likeness (QED) is 0.636. The fourth-order valence-corrected chi connectivity index (χ4v) is 1.93. The second-order valence-electron chi connectivity index (χ2n) is 6.06. The van der Waals surface area contributed by atoms with E-state index in [1.165, 1.54) is 12.1 Å². The molecule has 6 nitrogen and oxygen atoms in total. The van der Waals surface area contributed by atoms with Crippen LogP contribution in [0.15, 0.2) is 12.1 Å². The molecule has 0 aliphatic carbocycles. The first-order valence-electron chi connectivity index (χ1n) is 6.36. The van der Waals surface area contributed by atoms with E-state index in [9.17, 15) is 20.0 Å². The number of rotatable bonds is 5. The maximum atomic E-state index is 11.4. The van der Waals surface area contributed by atoms with Crippen molar-refractivity contribution in [3.63, 3.8) is 0 Å². The van der Waals surface area contributed by atoms with Gasteiger partial charge in [0.25, 0.3) is 5.69 Å². The van der Waals surface area contributed by atoms with Gasteiger partial charge in [-0.3, -0.25) is 14.9 Å². The van der Waals surface area contributed by atoms with E-state index in [4.69, 9.17) is 11.6 Å². The number of carboxylic acids is 1. The number of hydrogen-bond donors (Lipinski definition) is 2. The summed E-state index contributed by atoms with van der Waals surface area (Å²) in [4.78, 5) is 21.7. The predicted octanol–water partition coefficient (Wildman–Crippen LogP) is 3.86. The smallest absolute Gasteiger partial charge is 0.311 e. The number of nitrogens with zero attached hydrogens (tertiary/aromatic N) is 1. The van der Waals surface area contributed by atoms with Gasteiger partial charge in [-0.2, -0.15) is 0 Å². The number of hydrogen-bond acceptors (Lipinski definition) is 4. The van der Waals surface area contributed by atoms with Crippen LogP contribution in [-0.4, -0.2) is 21.5 Å². The topological polar surface area (TPSA) is 92.5 Å². The summed E-state index contributed by atoms with van der Waals surface area (Å²) >= 11 is 5.90. The second-order valence-corrected chi connectivity index (χ2v) is 6.46. The standard InChI is InChI=1S/C14H19ClN2O4/c1-8-6-11(17(20)21)9(15)7-10(8)16-14(4,5)13(2,3)12(18)19/h6-7,16H,1-5H3,(H,18,19). The lowest BCUT2D eigenvalue weighted by Crippen LogP contribution is -2.50. The second kappa shape index (κ2) is 5.52. The molecule has 0 atom stereocenters. The highest BCUT2D eigenvalue weighted by molar-refractivity contribution is 6.33. The number of carboxylic acid groups (broad SMARTS) is 1. The molecule has 0 saturated carbocycles. The van der Waals surface area contributed by atoms with Crippen LogP contribution in [-0.2, 0) is 4.79 Å². The van der Waals surface area contributed by atoms with Gasteiger partial charge >= 0.3 is 5.97 Å². The van der Waals surface area contributed by atoms with Gasteiger partial charge in [0, 0.05) is 17.3 Å².